The zero-order valence-corrected chi connectivity index (χ0v) is 9.20. The molecular weight excluding hydrogens is 206 g/mol. The number of methoxy groups -OCH3 is 1. The summed E-state index contributed by atoms with van der Waals surface area (Å²) in [7, 11) is 3.36. The summed E-state index contributed by atoms with van der Waals surface area (Å²) in [6, 6.07) is 5.29. The molecule has 16 heavy (non-hydrogen) atoms. The maximum atomic E-state index is 11.8. The first-order valence-electron chi connectivity index (χ1n) is 4.96. The Hall–Kier alpha value is -1.88. The predicted octanol–water partition coefficient (Wildman–Crippen LogP) is 0.651. The molecule has 0 spiro atoms. The number of ether oxygens (including phenoxy) is 1. The number of fused-ring (bicyclic) bond motifs is 1. The summed E-state index contributed by atoms with van der Waals surface area (Å²) in [5, 5.41) is 3.48. The Morgan fingerprint density at radius 2 is 2.31 bits per heavy atom. The lowest BCUT2D eigenvalue weighted by molar-refractivity contribution is 0.418. The number of hydrogen-bond donors (Lipinski definition) is 2. The highest BCUT2D eigenvalue weighted by Crippen LogP contribution is 2.20. The number of benzene rings is 1. The molecule has 1 heterocycles. The van der Waals surface area contributed by atoms with Gasteiger partial charge in [-0.05, 0) is 19.2 Å². The van der Waals surface area contributed by atoms with Gasteiger partial charge in [0.1, 0.15) is 17.1 Å². The predicted molar refractivity (Wildman–Crippen MR) is 61.7 cm³/mol. The van der Waals surface area contributed by atoms with Crippen LogP contribution in [0.5, 0.6) is 5.75 Å². The highest BCUT2D eigenvalue weighted by Gasteiger charge is 2.07. The lowest BCUT2D eigenvalue weighted by Crippen LogP contribution is -2.16. The van der Waals surface area contributed by atoms with Crippen LogP contribution in [0.4, 0.5) is 0 Å². The van der Waals surface area contributed by atoms with E-state index in [1.54, 1.807) is 32.4 Å². The van der Waals surface area contributed by atoms with E-state index in [0.717, 1.165) is 0 Å². The summed E-state index contributed by atoms with van der Waals surface area (Å²) in [4.78, 5) is 18.8. The van der Waals surface area contributed by atoms with Gasteiger partial charge in [-0.15, -0.1) is 0 Å². The molecule has 0 bridgehead atoms. The van der Waals surface area contributed by atoms with Gasteiger partial charge >= 0.3 is 0 Å². The van der Waals surface area contributed by atoms with E-state index in [0.29, 0.717) is 29.0 Å². The molecule has 1 aromatic heterocycles. The van der Waals surface area contributed by atoms with E-state index in [9.17, 15) is 4.79 Å². The van der Waals surface area contributed by atoms with Gasteiger partial charge in [-0.3, -0.25) is 4.79 Å². The Balaban J connectivity index is 2.72. The zero-order valence-electron chi connectivity index (χ0n) is 9.20. The van der Waals surface area contributed by atoms with Gasteiger partial charge in [0.15, 0.2) is 0 Å². The van der Waals surface area contributed by atoms with Crippen LogP contribution in [-0.4, -0.2) is 24.1 Å². The molecule has 0 unspecified atom stereocenters. The molecule has 0 aliphatic heterocycles. The average Bonchev–Trinajstić information content (AvgIpc) is 2.29. The Morgan fingerprint density at radius 3 is 3.00 bits per heavy atom. The van der Waals surface area contributed by atoms with Crippen LogP contribution in [0.25, 0.3) is 10.9 Å². The van der Waals surface area contributed by atoms with E-state index < -0.39 is 0 Å². The second-order valence-electron chi connectivity index (χ2n) is 3.40. The van der Waals surface area contributed by atoms with Gasteiger partial charge in [0, 0.05) is 0 Å². The van der Waals surface area contributed by atoms with E-state index in [1.165, 1.54) is 0 Å². The first kappa shape index (κ1) is 10.6. The number of aromatic nitrogens is 2. The number of nitrogens with one attached hydrogen (secondary N) is 2. The third-order valence-electron chi connectivity index (χ3n) is 2.31. The molecular formula is C11H13N3O2. The van der Waals surface area contributed by atoms with Gasteiger partial charge in [0.25, 0.3) is 5.56 Å². The van der Waals surface area contributed by atoms with Crippen molar-refractivity contribution in [3.05, 3.63) is 34.4 Å². The van der Waals surface area contributed by atoms with Gasteiger partial charge in [0.05, 0.1) is 19.0 Å². The van der Waals surface area contributed by atoms with E-state index in [-0.39, 0.29) is 5.56 Å². The lowest BCUT2D eigenvalue weighted by atomic mass is 10.2. The summed E-state index contributed by atoms with van der Waals surface area (Å²) in [5.41, 5.74) is 0.452. The largest absolute Gasteiger partial charge is 0.494 e. The standard InChI is InChI=1S/C11H13N3O2/c1-12-6-9-13-10-7(11(15)14-9)4-3-5-8(10)16-2/h3-5,12H,6H2,1-2H3,(H,13,14,15). The number of H-pyrrole nitrogens is 1. The van der Waals surface area contributed by atoms with Gasteiger partial charge in [-0.1, -0.05) is 6.07 Å². The molecule has 5 nitrogen and oxygen atoms in total. The van der Waals surface area contributed by atoms with Crippen molar-refractivity contribution in [3.8, 4) is 5.75 Å². The summed E-state index contributed by atoms with van der Waals surface area (Å²) in [6.07, 6.45) is 0. The maximum absolute atomic E-state index is 11.8. The molecule has 0 saturated carbocycles. The second-order valence-corrected chi connectivity index (χ2v) is 3.40. The third kappa shape index (κ3) is 1.77. The molecule has 2 N–H and O–H groups in total. The number of rotatable bonds is 3. The van der Waals surface area contributed by atoms with Crippen LogP contribution in [-0.2, 0) is 6.54 Å². The van der Waals surface area contributed by atoms with Gasteiger partial charge in [-0.25, -0.2) is 4.98 Å². The fourth-order valence-electron chi connectivity index (χ4n) is 1.60. The molecule has 0 aliphatic carbocycles. The fraction of sp³-hybridized carbons (Fsp3) is 0.273. The van der Waals surface area contributed by atoms with Crippen molar-refractivity contribution < 1.29 is 4.74 Å². The Morgan fingerprint density at radius 1 is 1.50 bits per heavy atom. The molecule has 1 aromatic carbocycles. The van der Waals surface area contributed by atoms with Crippen molar-refractivity contribution >= 4 is 10.9 Å². The summed E-state index contributed by atoms with van der Waals surface area (Å²) < 4.78 is 5.18. The minimum absolute atomic E-state index is 0.144. The molecule has 0 radical (unpaired) electrons. The normalized spacial score (nSPS) is 10.6. The minimum Gasteiger partial charge on any atom is -0.494 e. The van der Waals surface area contributed by atoms with Gasteiger partial charge in [0.2, 0.25) is 0 Å². The monoisotopic (exact) mass is 219 g/mol. The molecule has 0 amide bonds. The van der Waals surface area contributed by atoms with Gasteiger partial charge < -0.3 is 15.0 Å². The summed E-state index contributed by atoms with van der Waals surface area (Å²) in [6.45, 7) is 0.517. The molecule has 2 rings (SSSR count). The van der Waals surface area contributed by atoms with Crippen LogP contribution in [0, 0.1) is 0 Å². The quantitative estimate of drug-likeness (QED) is 0.795. The van der Waals surface area contributed by atoms with E-state index in [4.69, 9.17) is 4.74 Å². The SMILES string of the molecule is CNCc1nc2c(OC)cccc2c(=O)[nH]1. The van der Waals surface area contributed by atoms with Crippen LogP contribution < -0.4 is 15.6 Å². The van der Waals surface area contributed by atoms with Crippen LogP contribution in [0.15, 0.2) is 23.0 Å². The second kappa shape index (κ2) is 4.32. The van der Waals surface area contributed by atoms with E-state index >= 15 is 0 Å². The zero-order chi connectivity index (χ0) is 11.5. The van der Waals surface area contributed by atoms with Crippen molar-refractivity contribution in [2.45, 2.75) is 6.54 Å². The number of nitrogens with zero attached hydrogens (tertiary/aromatic N) is 1. The van der Waals surface area contributed by atoms with Crippen molar-refractivity contribution in [3.63, 3.8) is 0 Å². The summed E-state index contributed by atoms with van der Waals surface area (Å²) in [5.74, 6) is 1.21. The number of para-hydroxylation sites is 1. The van der Waals surface area contributed by atoms with Crippen molar-refractivity contribution in [1.29, 1.82) is 0 Å². The smallest absolute Gasteiger partial charge is 0.258 e. The minimum atomic E-state index is -0.144. The molecule has 0 aliphatic rings. The first-order chi connectivity index (χ1) is 7.76. The van der Waals surface area contributed by atoms with Crippen molar-refractivity contribution in [2.24, 2.45) is 0 Å². The number of hydrogen-bond acceptors (Lipinski definition) is 4. The Labute approximate surface area is 92.5 Å². The molecule has 0 fully saturated rings. The lowest BCUT2D eigenvalue weighted by Gasteiger charge is -2.05. The maximum Gasteiger partial charge on any atom is 0.258 e. The Kier molecular flexibility index (Phi) is 2.87. The van der Waals surface area contributed by atoms with Crippen LogP contribution in [0.2, 0.25) is 0 Å². The van der Waals surface area contributed by atoms with Crippen LogP contribution in [0.3, 0.4) is 0 Å². The van der Waals surface area contributed by atoms with E-state index in [2.05, 4.69) is 15.3 Å². The molecule has 84 valence electrons. The molecule has 0 atom stereocenters. The summed E-state index contributed by atoms with van der Waals surface area (Å²) >= 11 is 0. The Bertz CT molecular complexity index is 563. The van der Waals surface area contributed by atoms with Crippen molar-refractivity contribution in [2.75, 3.05) is 14.2 Å². The molecule has 2 aromatic rings. The molecule has 0 saturated heterocycles. The van der Waals surface area contributed by atoms with Gasteiger partial charge in [-0.2, -0.15) is 0 Å². The highest BCUT2D eigenvalue weighted by molar-refractivity contribution is 5.83. The number of aromatic amines is 1. The van der Waals surface area contributed by atoms with E-state index in [1.807, 2.05) is 0 Å². The van der Waals surface area contributed by atoms with Crippen LogP contribution >= 0.6 is 0 Å². The average molecular weight is 219 g/mol. The topological polar surface area (TPSA) is 67.0 Å². The fourth-order valence-corrected chi connectivity index (χ4v) is 1.60. The third-order valence-corrected chi connectivity index (χ3v) is 2.31. The molecule has 5 heteroatoms. The van der Waals surface area contributed by atoms with Crippen LogP contribution in [0.1, 0.15) is 5.82 Å². The van der Waals surface area contributed by atoms with Crippen molar-refractivity contribution in [1.82, 2.24) is 15.3 Å². The first-order valence-corrected chi connectivity index (χ1v) is 4.96. The highest BCUT2D eigenvalue weighted by atomic mass is 16.5.